The number of nitrogens with one attached hydrogen (secondary N) is 1. The molecule has 0 spiro atoms. The van der Waals surface area contributed by atoms with E-state index in [1.54, 1.807) is 11.8 Å². The molecule has 2 N–H and O–H groups in total. The first-order chi connectivity index (χ1) is 9.99. The molecule has 0 radical (unpaired) electrons. The van der Waals surface area contributed by atoms with Crippen LogP contribution in [-0.2, 0) is 4.79 Å². The Morgan fingerprint density at radius 2 is 1.95 bits per heavy atom. The van der Waals surface area contributed by atoms with Crippen molar-refractivity contribution in [2.75, 3.05) is 13.1 Å². The number of likely N-dealkylation sites (tertiary alicyclic amines) is 1. The van der Waals surface area contributed by atoms with Crippen molar-refractivity contribution in [3.8, 4) is 5.75 Å². The number of aromatic hydroxyl groups is 1. The van der Waals surface area contributed by atoms with Crippen LogP contribution in [0.5, 0.6) is 5.75 Å². The number of phenolic OH excluding ortho intramolecular Hbond substituents is 1. The summed E-state index contributed by atoms with van der Waals surface area (Å²) in [5.74, 6) is -1.79. The third-order valence-corrected chi connectivity index (χ3v) is 3.59. The predicted octanol–water partition coefficient (Wildman–Crippen LogP) is 1.66. The smallest absolute Gasteiger partial charge is 0.255 e. The Kier molecular flexibility index (Phi) is 4.77. The molecular weight excluding hydrogens is 275 g/mol. The molecule has 1 fully saturated rings. The number of benzene rings is 1. The van der Waals surface area contributed by atoms with E-state index < -0.39 is 23.5 Å². The molecule has 2 rings (SSSR count). The van der Waals surface area contributed by atoms with E-state index >= 15 is 0 Å². The van der Waals surface area contributed by atoms with Crippen LogP contribution in [0.2, 0.25) is 0 Å². The molecule has 1 atom stereocenters. The van der Waals surface area contributed by atoms with Gasteiger partial charge in [0, 0.05) is 19.2 Å². The molecule has 114 valence electrons. The van der Waals surface area contributed by atoms with Gasteiger partial charge in [-0.3, -0.25) is 9.59 Å². The molecule has 0 aromatic heterocycles. The van der Waals surface area contributed by atoms with Gasteiger partial charge in [-0.15, -0.1) is 0 Å². The van der Waals surface area contributed by atoms with Gasteiger partial charge in [0.05, 0.1) is 5.56 Å². The van der Waals surface area contributed by atoms with Crippen LogP contribution in [0.25, 0.3) is 0 Å². The third kappa shape index (κ3) is 3.71. The maximum atomic E-state index is 12.9. The molecule has 1 aliphatic heterocycles. The molecule has 6 heteroatoms. The third-order valence-electron chi connectivity index (χ3n) is 3.59. The highest BCUT2D eigenvalue weighted by Crippen LogP contribution is 2.18. The van der Waals surface area contributed by atoms with Gasteiger partial charge in [0.15, 0.2) is 0 Å². The largest absolute Gasteiger partial charge is 0.507 e. The van der Waals surface area contributed by atoms with E-state index in [-0.39, 0.29) is 11.5 Å². The average Bonchev–Trinajstić information content (AvgIpc) is 2.47. The quantitative estimate of drug-likeness (QED) is 0.891. The minimum atomic E-state index is -0.681. The van der Waals surface area contributed by atoms with Gasteiger partial charge in [-0.05, 0) is 38.3 Å². The molecule has 1 aromatic carbocycles. The van der Waals surface area contributed by atoms with E-state index in [9.17, 15) is 19.1 Å². The standard InChI is InChI=1S/C15H19FN2O3/c1-10(15(21)18-7-3-2-4-8-18)17-14(20)12-6-5-11(16)9-13(12)19/h5-6,9-10,19H,2-4,7-8H2,1H3,(H,17,20). The average molecular weight is 294 g/mol. The van der Waals surface area contributed by atoms with Crippen LogP contribution in [0.15, 0.2) is 18.2 Å². The van der Waals surface area contributed by atoms with Gasteiger partial charge in [-0.25, -0.2) is 4.39 Å². The predicted molar refractivity (Wildman–Crippen MR) is 75.4 cm³/mol. The summed E-state index contributed by atoms with van der Waals surface area (Å²) in [5, 5.41) is 12.1. The summed E-state index contributed by atoms with van der Waals surface area (Å²) >= 11 is 0. The first-order valence-corrected chi connectivity index (χ1v) is 7.07. The Hall–Kier alpha value is -2.11. The SMILES string of the molecule is CC(NC(=O)c1ccc(F)cc1O)C(=O)N1CCCCC1. The number of carbonyl (C=O) groups excluding carboxylic acids is 2. The van der Waals surface area contributed by atoms with Gasteiger partial charge in [0.25, 0.3) is 5.91 Å². The van der Waals surface area contributed by atoms with Crippen molar-refractivity contribution >= 4 is 11.8 Å². The molecule has 1 aromatic rings. The van der Waals surface area contributed by atoms with E-state index in [1.807, 2.05) is 0 Å². The Morgan fingerprint density at radius 1 is 1.29 bits per heavy atom. The number of carbonyl (C=O) groups is 2. The molecule has 0 saturated carbocycles. The number of amides is 2. The van der Waals surface area contributed by atoms with Crippen LogP contribution in [-0.4, -0.2) is 41.0 Å². The second-order valence-corrected chi connectivity index (χ2v) is 5.24. The first kappa shape index (κ1) is 15.3. The lowest BCUT2D eigenvalue weighted by molar-refractivity contribution is -0.133. The fourth-order valence-electron chi connectivity index (χ4n) is 2.42. The zero-order chi connectivity index (χ0) is 15.4. The lowest BCUT2D eigenvalue weighted by Crippen LogP contribution is -2.48. The number of hydrogen-bond donors (Lipinski definition) is 2. The lowest BCUT2D eigenvalue weighted by Gasteiger charge is -2.29. The Bertz CT molecular complexity index is 542. The summed E-state index contributed by atoms with van der Waals surface area (Å²) < 4.78 is 12.9. The summed E-state index contributed by atoms with van der Waals surface area (Å²) in [6.45, 7) is 3.02. The van der Waals surface area contributed by atoms with Gasteiger partial charge in [-0.2, -0.15) is 0 Å². The van der Waals surface area contributed by atoms with Crippen LogP contribution in [0, 0.1) is 5.82 Å². The number of halogens is 1. The summed E-state index contributed by atoms with van der Waals surface area (Å²) in [6.07, 6.45) is 3.07. The molecule has 0 aliphatic carbocycles. The van der Waals surface area contributed by atoms with Crippen LogP contribution < -0.4 is 5.32 Å². The topological polar surface area (TPSA) is 69.6 Å². The maximum Gasteiger partial charge on any atom is 0.255 e. The van der Waals surface area contributed by atoms with Crippen molar-refractivity contribution in [1.82, 2.24) is 10.2 Å². The molecule has 1 unspecified atom stereocenters. The van der Waals surface area contributed by atoms with E-state index in [0.717, 1.165) is 31.4 Å². The monoisotopic (exact) mass is 294 g/mol. The van der Waals surface area contributed by atoms with Crippen molar-refractivity contribution < 1.29 is 19.1 Å². The Balaban J connectivity index is 1.99. The highest BCUT2D eigenvalue weighted by molar-refractivity contribution is 5.99. The lowest BCUT2D eigenvalue weighted by atomic mass is 10.1. The van der Waals surface area contributed by atoms with E-state index in [2.05, 4.69) is 5.32 Å². The molecule has 5 nitrogen and oxygen atoms in total. The van der Waals surface area contributed by atoms with E-state index in [0.29, 0.717) is 13.1 Å². The second-order valence-electron chi connectivity index (χ2n) is 5.24. The van der Waals surface area contributed by atoms with Crippen molar-refractivity contribution in [3.05, 3.63) is 29.6 Å². The summed E-state index contributed by atoms with van der Waals surface area (Å²) in [7, 11) is 0. The Labute approximate surface area is 122 Å². The van der Waals surface area contributed by atoms with Gasteiger partial charge >= 0.3 is 0 Å². The minimum absolute atomic E-state index is 0.0466. The number of phenols is 1. The number of rotatable bonds is 3. The number of piperidine rings is 1. The maximum absolute atomic E-state index is 12.9. The van der Waals surface area contributed by atoms with Crippen molar-refractivity contribution in [2.24, 2.45) is 0 Å². The first-order valence-electron chi connectivity index (χ1n) is 7.07. The molecule has 21 heavy (non-hydrogen) atoms. The molecule has 1 saturated heterocycles. The summed E-state index contributed by atoms with van der Waals surface area (Å²) in [5.41, 5.74) is -0.0466. The fourth-order valence-corrected chi connectivity index (χ4v) is 2.42. The molecule has 0 bridgehead atoms. The van der Waals surface area contributed by atoms with Crippen LogP contribution >= 0.6 is 0 Å². The van der Waals surface area contributed by atoms with Gasteiger partial charge in [-0.1, -0.05) is 0 Å². The Morgan fingerprint density at radius 3 is 2.57 bits per heavy atom. The van der Waals surface area contributed by atoms with Crippen LogP contribution in [0.4, 0.5) is 4.39 Å². The summed E-state index contributed by atoms with van der Waals surface area (Å²) in [6, 6.07) is 2.47. The van der Waals surface area contributed by atoms with E-state index in [4.69, 9.17) is 0 Å². The van der Waals surface area contributed by atoms with Crippen LogP contribution in [0.3, 0.4) is 0 Å². The van der Waals surface area contributed by atoms with Gasteiger partial charge in [0.1, 0.15) is 17.6 Å². The van der Waals surface area contributed by atoms with Crippen molar-refractivity contribution in [3.63, 3.8) is 0 Å². The zero-order valence-electron chi connectivity index (χ0n) is 11.9. The van der Waals surface area contributed by atoms with E-state index in [1.165, 1.54) is 6.07 Å². The summed E-state index contributed by atoms with van der Waals surface area (Å²) in [4.78, 5) is 25.9. The van der Waals surface area contributed by atoms with Crippen molar-refractivity contribution in [1.29, 1.82) is 0 Å². The highest BCUT2D eigenvalue weighted by atomic mass is 19.1. The minimum Gasteiger partial charge on any atom is -0.507 e. The van der Waals surface area contributed by atoms with Gasteiger partial charge < -0.3 is 15.3 Å². The highest BCUT2D eigenvalue weighted by Gasteiger charge is 2.24. The molecule has 1 heterocycles. The van der Waals surface area contributed by atoms with Gasteiger partial charge in [0.2, 0.25) is 5.91 Å². The fraction of sp³-hybridized carbons (Fsp3) is 0.467. The number of hydrogen-bond acceptors (Lipinski definition) is 3. The van der Waals surface area contributed by atoms with Crippen LogP contribution in [0.1, 0.15) is 36.5 Å². The molecule has 2 amide bonds. The normalized spacial score (nSPS) is 16.4. The van der Waals surface area contributed by atoms with Crippen molar-refractivity contribution in [2.45, 2.75) is 32.2 Å². The second kappa shape index (κ2) is 6.56. The molecule has 1 aliphatic rings. The zero-order valence-corrected chi connectivity index (χ0v) is 11.9. The molecular formula is C15H19FN2O3. The number of nitrogens with zero attached hydrogens (tertiary/aromatic N) is 1.